The topological polar surface area (TPSA) is 263 Å². The van der Waals surface area contributed by atoms with Crippen LogP contribution in [-0.4, -0.2) is 115 Å². The minimum atomic E-state index is -3.64. The zero-order valence-electron chi connectivity index (χ0n) is 37.9. The van der Waals surface area contributed by atoms with Gasteiger partial charge in [-0.2, -0.15) is 0 Å². The molecule has 2 aromatic heterocycles. The van der Waals surface area contributed by atoms with Crippen molar-refractivity contribution in [2.24, 2.45) is 0 Å². The summed E-state index contributed by atoms with van der Waals surface area (Å²) in [5.74, 6) is -2.87. The highest BCUT2D eigenvalue weighted by Gasteiger charge is 2.44. The zero-order chi connectivity index (χ0) is 50.1. The van der Waals surface area contributed by atoms with Gasteiger partial charge in [0, 0.05) is 53.6 Å². The summed E-state index contributed by atoms with van der Waals surface area (Å²) in [4.78, 5) is 95.1. The highest BCUT2D eigenvalue weighted by Crippen LogP contribution is 2.30. The summed E-state index contributed by atoms with van der Waals surface area (Å²) >= 11 is 1.21. The van der Waals surface area contributed by atoms with Crippen LogP contribution < -0.4 is 36.1 Å². The molecule has 22 heteroatoms. The number of carbonyl (C=O) groups is 7. The van der Waals surface area contributed by atoms with Crippen LogP contribution in [0.5, 0.6) is 11.5 Å². The van der Waals surface area contributed by atoms with E-state index in [0.29, 0.717) is 45.7 Å². The first-order chi connectivity index (χ1) is 34.2. The number of amides is 7. The fourth-order valence-corrected chi connectivity index (χ4v) is 8.80. The molecule has 2 atom stereocenters. The highest BCUT2D eigenvalue weighted by atomic mass is 32.2. The smallest absolute Gasteiger partial charge is 0.262 e. The second-order valence-electron chi connectivity index (χ2n) is 16.2. The van der Waals surface area contributed by atoms with Gasteiger partial charge in [-0.05, 0) is 60.5 Å². The molecule has 2 aliphatic heterocycles. The van der Waals surface area contributed by atoms with Crippen LogP contribution in [0.25, 0.3) is 11.3 Å². The van der Waals surface area contributed by atoms with Gasteiger partial charge in [0.05, 0.1) is 48.4 Å². The number of hydrogen-bond donors (Lipinski definition) is 5. The van der Waals surface area contributed by atoms with Crippen molar-refractivity contribution in [3.8, 4) is 22.8 Å². The SMILES string of the molecule is CS(=O)(=O)n1ccc(C(=O)N[C@@H](COCc2ccc(C(=O)NCCOc3cccc(OCCNc4ccc5c(c4)C(=O)N(C4CCC(=O)NC4=O)C5=O)c3)cc2)C(=O)Nc2nc(-c3ccccc3)cs2)c1. The quantitative estimate of drug-likeness (QED) is 0.0503. The van der Waals surface area contributed by atoms with Gasteiger partial charge in [-0.1, -0.05) is 48.5 Å². The Labute approximate surface area is 410 Å². The molecular formula is C49H46N8O12S2. The summed E-state index contributed by atoms with van der Waals surface area (Å²) in [7, 11) is -3.64. The Bertz CT molecular complexity index is 3100. The van der Waals surface area contributed by atoms with Gasteiger partial charge in [-0.15, -0.1) is 11.3 Å². The number of aromatic nitrogens is 2. The molecule has 0 aliphatic carbocycles. The molecule has 4 aromatic carbocycles. The Morgan fingerprint density at radius 1 is 0.831 bits per heavy atom. The van der Waals surface area contributed by atoms with Crippen LogP contribution in [0.1, 0.15) is 59.8 Å². The number of anilines is 2. The van der Waals surface area contributed by atoms with Crippen LogP contribution >= 0.6 is 11.3 Å². The summed E-state index contributed by atoms with van der Waals surface area (Å²) in [6.45, 7) is 0.723. The van der Waals surface area contributed by atoms with E-state index in [0.717, 1.165) is 26.9 Å². The van der Waals surface area contributed by atoms with E-state index in [2.05, 4.69) is 31.6 Å². The first-order valence-corrected chi connectivity index (χ1v) is 24.8. The average Bonchev–Trinajstić information content (AvgIpc) is 4.11. The molecule has 0 spiro atoms. The standard InChI is InChI=1S/C49H46N8O12S2/c1-71(65,66)56-21-18-33(26-56)44(60)52-39(45(61)55-49-53-40(29-70-49)31-6-3-2-4-7-31)28-67-27-30-10-12-32(13-11-30)43(59)51-20-23-69-36-9-5-8-35(25-36)68-22-19-50-34-14-15-37-38(24-34)48(64)57(47(37)63)41-16-17-42(58)54-46(41)62/h2-15,18,21,24-26,29,39,41,50H,16-17,19-20,22-23,27-28H2,1H3,(H,51,59)(H,52,60)(H,53,55,61)(H,54,58,62)/t39-,41?/m0/s1. The second-order valence-corrected chi connectivity index (χ2v) is 18.9. The van der Waals surface area contributed by atoms with Crippen LogP contribution in [0.3, 0.4) is 0 Å². The van der Waals surface area contributed by atoms with E-state index in [-0.39, 0.29) is 68.4 Å². The molecule has 20 nitrogen and oxygen atoms in total. The molecule has 7 amide bonds. The Balaban J connectivity index is 0.763. The molecule has 71 heavy (non-hydrogen) atoms. The molecule has 5 N–H and O–H groups in total. The maximum Gasteiger partial charge on any atom is 0.262 e. The number of nitrogens with zero attached hydrogens (tertiary/aromatic N) is 3. The van der Waals surface area contributed by atoms with E-state index < -0.39 is 57.6 Å². The van der Waals surface area contributed by atoms with E-state index in [1.807, 2.05) is 30.3 Å². The van der Waals surface area contributed by atoms with Gasteiger partial charge in [0.1, 0.15) is 36.8 Å². The molecule has 2 aliphatic rings. The summed E-state index contributed by atoms with van der Waals surface area (Å²) in [6, 6.07) is 26.8. The van der Waals surface area contributed by atoms with Crippen LogP contribution in [0.2, 0.25) is 0 Å². The number of rotatable bonds is 21. The molecule has 8 rings (SSSR count). The summed E-state index contributed by atoms with van der Waals surface area (Å²) in [5.41, 5.74) is 3.54. The molecule has 0 radical (unpaired) electrons. The Morgan fingerprint density at radius 3 is 2.28 bits per heavy atom. The molecule has 1 saturated heterocycles. The minimum absolute atomic E-state index is 0.0247. The van der Waals surface area contributed by atoms with Gasteiger partial charge in [0.25, 0.3) is 29.5 Å². The number of thiazole rings is 1. The normalized spacial score (nSPS) is 14.8. The van der Waals surface area contributed by atoms with Crippen LogP contribution in [-0.2, 0) is 35.8 Å². The Morgan fingerprint density at radius 2 is 1.56 bits per heavy atom. The van der Waals surface area contributed by atoms with E-state index >= 15 is 0 Å². The third-order valence-corrected chi connectivity index (χ3v) is 12.9. The van der Waals surface area contributed by atoms with Crippen LogP contribution in [0.4, 0.5) is 10.8 Å². The number of carbonyl (C=O) groups excluding carboxylic acids is 7. The second kappa shape index (κ2) is 22.0. The number of hydrogen-bond acceptors (Lipinski definition) is 15. The molecule has 1 fully saturated rings. The van der Waals surface area contributed by atoms with Crippen molar-refractivity contribution < 1.29 is 56.2 Å². The van der Waals surface area contributed by atoms with Gasteiger partial charge in [-0.25, -0.2) is 13.4 Å². The molecule has 0 saturated carbocycles. The lowest BCUT2D eigenvalue weighted by Crippen LogP contribution is -2.54. The fraction of sp³-hybridized carbons (Fsp3) is 0.224. The first kappa shape index (κ1) is 49.2. The highest BCUT2D eigenvalue weighted by molar-refractivity contribution is 7.89. The van der Waals surface area contributed by atoms with Crippen molar-refractivity contribution in [1.82, 2.24) is 29.8 Å². The average molecular weight is 1000 g/mol. The van der Waals surface area contributed by atoms with Gasteiger partial charge < -0.3 is 35.5 Å². The minimum Gasteiger partial charge on any atom is -0.492 e. The molecule has 1 unspecified atom stereocenters. The zero-order valence-corrected chi connectivity index (χ0v) is 39.5. The van der Waals surface area contributed by atoms with E-state index in [1.165, 1.54) is 29.7 Å². The molecule has 4 heterocycles. The van der Waals surface area contributed by atoms with Crippen LogP contribution in [0.15, 0.2) is 121 Å². The van der Waals surface area contributed by atoms with Crippen LogP contribution in [0, 0.1) is 0 Å². The number of piperidine rings is 1. The van der Waals surface area contributed by atoms with Gasteiger partial charge in [-0.3, -0.25) is 47.8 Å². The van der Waals surface area contributed by atoms with Gasteiger partial charge in [0.15, 0.2) is 5.13 Å². The summed E-state index contributed by atoms with van der Waals surface area (Å²) in [5, 5.41) is 15.6. The number of benzene rings is 4. The third-order valence-electron chi connectivity index (χ3n) is 11.1. The number of fused-ring (bicyclic) bond motifs is 1. The number of imide groups is 2. The van der Waals surface area contributed by atoms with E-state index in [9.17, 15) is 42.0 Å². The first-order valence-electron chi connectivity index (χ1n) is 22.1. The maximum atomic E-state index is 13.5. The predicted octanol–water partition coefficient (Wildman–Crippen LogP) is 4.07. The van der Waals surface area contributed by atoms with Crippen molar-refractivity contribution in [3.05, 3.63) is 149 Å². The van der Waals surface area contributed by atoms with Gasteiger partial charge in [0.2, 0.25) is 21.8 Å². The lowest BCUT2D eigenvalue weighted by Gasteiger charge is -2.27. The molecule has 0 bridgehead atoms. The van der Waals surface area contributed by atoms with Crippen molar-refractivity contribution in [1.29, 1.82) is 0 Å². The molecule has 6 aromatic rings. The lowest BCUT2D eigenvalue weighted by atomic mass is 10.0. The maximum absolute atomic E-state index is 13.5. The Hall–Kier alpha value is -8.21. The van der Waals surface area contributed by atoms with E-state index in [1.54, 1.807) is 66.0 Å². The van der Waals surface area contributed by atoms with Crippen molar-refractivity contribution in [2.75, 3.05) is 49.8 Å². The Kier molecular flexibility index (Phi) is 15.3. The van der Waals surface area contributed by atoms with Crippen molar-refractivity contribution in [2.45, 2.75) is 31.5 Å². The van der Waals surface area contributed by atoms with Crippen molar-refractivity contribution >= 4 is 73.5 Å². The van der Waals surface area contributed by atoms with E-state index in [4.69, 9.17) is 14.2 Å². The van der Waals surface area contributed by atoms with Crippen molar-refractivity contribution in [3.63, 3.8) is 0 Å². The fourth-order valence-electron chi connectivity index (χ4n) is 7.49. The largest absolute Gasteiger partial charge is 0.492 e. The summed E-state index contributed by atoms with van der Waals surface area (Å²) < 4.78 is 42.4. The lowest BCUT2D eigenvalue weighted by molar-refractivity contribution is -0.136. The number of ether oxygens (including phenoxy) is 3. The third kappa shape index (κ3) is 12.3. The monoisotopic (exact) mass is 1000 g/mol. The molecular weight excluding hydrogens is 957 g/mol. The number of nitrogens with one attached hydrogen (secondary N) is 5. The molecule has 366 valence electrons. The predicted molar refractivity (Wildman–Crippen MR) is 260 cm³/mol. The van der Waals surface area contributed by atoms with Gasteiger partial charge >= 0.3 is 0 Å². The summed E-state index contributed by atoms with van der Waals surface area (Å²) in [6.07, 6.45) is 3.49.